The standard InChI is InChI=1S/C4H8ClN/c1-4(5)6-2-3-6/h4H,2-3H2,1H3. The maximum absolute atomic E-state index is 5.60. The number of rotatable bonds is 1. The van der Waals surface area contributed by atoms with E-state index in [0.717, 1.165) is 0 Å². The van der Waals surface area contributed by atoms with Crippen LogP contribution in [0.1, 0.15) is 6.92 Å². The molecule has 1 atom stereocenters. The first-order chi connectivity index (χ1) is 2.80. The highest BCUT2D eigenvalue weighted by Gasteiger charge is 2.20. The van der Waals surface area contributed by atoms with Crippen LogP contribution in [0.25, 0.3) is 0 Å². The van der Waals surface area contributed by atoms with Crippen LogP contribution in [-0.4, -0.2) is 23.5 Å². The summed E-state index contributed by atoms with van der Waals surface area (Å²) in [6.07, 6.45) is 0. The maximum atomic E-state index is 5.60. The number of alkyl halides is 1. The van der Waals surface area contributed by atoms with Gasteiger partial charge in [-0.25, -0.2) is 0 Å². The van der Waals surface area contributed by atoms with E-state index >= 15 is 0 Å². The number of halogens is 1. The van der Waals surface area contributed by atoms with E-state index in [-0.39, 0.29) is 5.50 Å². The highest BCUT2D eigenvalue weighted by Crippen LogP contribution is 2.11. The van der Waals surface area contributed by atoms with E-state index < -0.39 is 0 Å². The molecular formula is C4H8ClN. The minimum absolute atomic E-state index is 0.269. The van der Waals surface area contributed by atoms with Gasteiger partial charge in [0.2, 0.25) is 0 Å². The molecule has 1 saturated heterocycles. The number of hydrogen-bond acceptors (Lipinski definition) is 1. The van der Waals surface area contributed by atoms with Gasteiger partial charge in [0.25, 0.3) is 0 Å². The Morgan fingerprint density at radius 1 is 1.67 bits per heavy atom. The van der Waals surface area contributed by atoms with Crippen LogP contribution < -0.4 is 0 Å². The second kappa shape index (κ2) is 1.39. The molecule has 1 nitrogen and oxygen atoms in total. The van der Waals surface area contributed by atoms with Gasteiger partial charge >= 0.3 is 0 Å². The predicted octanol–water partition coefficient (Wildman–Crippen LogP) is 0.887. The summed E-state index contributed by atoms with van der Waals surface area (Å²) in [4.78, 5) is 2.18. The topological polar surface area (TPSA) is 3.01 Å². The highest BCUT2D eigenvalue weighted by atomic mass is 35.5. The fourth-order valence-electron chi connectivity index (χ4n) is 0.414. The maximum Gasteiger partial charge on any atom is 0.0822 e. The van der Waals surface area contributed by atoms with Gasteiger partial charge in [-0.2, -0.15) is 0 Å². The van der Waals surface area contributed by atoms with Gasteiger partial charge in [0, 0.05) is 13.1 Å². The molecule has 0 radical (unpaired) electrons. The van der Waals surface area contributed by atoms with E-state index in [9.17, 15) is 0 Å². The SMILES string of the molecule is CC(Cl)N1CC1. The van der Waals surface area contributed by atoms with Crippen molar-refractivity contribution in [3.63, 3.8) is 0 Å². The summed E-state index contributed by atoms with van der Waals surface area (Å²) in [5.41, 5.74) is 0.269. The molecular weight excluding hydrogens is 97.5 g/mol. The molecule has 0 spiro atoms. The lowest BCUT2D eigenvalue weighted by molar-refractivity contribution is 0.545. The fourth-order valence-corrected chi connectivity index (χ4v) is 0.609. The number of nitrogens with zero attached hydrogens (tertiary/aromatic N) is 1. The van der Waals surface area contributed by atoms with Crippen LogP contribution >= 0.6 is 11.6 Å². The Balaban J connectivity index is 2.13. The van der Waals surface area contributed by atoms with Gasteiger partial charge in [0.1, 0.15) is 0 Å². The average Bonchev–Trinajstić information content (AvgIpc) is 2.06. The van der Waals surface area contributed by atoms with Gasteiger partial charge < -0.3 is 0 Å². The van der Waals surface area contributed by atoms with Crippen LogP contribution in [0.2, 0.25) is 0 Å². The molecule has 36 valence electrons. The molecule has 2 heteroatoms. The molecule has 0 aromatic heterocycles. The largest absolute Gasteiger partial charge is 0.285 e. The van der Waals surface area contributed by atoms with Crippen molar-refractivity contribution in [1.29, 1.82) is 0 Å². The van der Waals surface area contributed by atoms with E-state index in [1.54, 1.807) is 0 Å². The zero-order chi connectivity index (χ0) is 4.57. The van der Waals surface area contributed by atoms with E-state index in [4.69, 9.17) is 11.6 Å². The lowest BCUT2D eigenvalue weighted by Gasteiger charge is -1.96. The van der Waals surface area contributed by atoms with E-state index in [1.807, 2.05) is 6.92 Å². The van der Waals surface area contributed by atoms with Crippen molar-refractivity contribution in [3.05, 3.63) is 0 Å². The van der Waals surface area contributed by atoms with Crippen molar-refractivity contribution < 1.29 is 0 Å². The molecule has 1 fully saturated rings. The first kappa shape index (κ1) is 4.41. The second-order valence-electron chi connectivity index (χ2n) is 1.61. The summed E-state index contributed by atoms with van der Waals surface area (Å²) >= 11 is 5.60. The molecule has 1 rings (SSSR count). The lowest BCUT2D eigenvalue weighted by atomic mass is 10.8. The number of hydrogen-bond donors (Lipinski definition) is 0. The zero-order valence-corrected chi connectivity index (χ0v) is 4.57. The van der Waals surface area contributed by atoms with Gasteiger partial charge in [-0.15, -0.1) is 11.6 Å². The van der Waals surface area contributed by atoms with Gasteiger partial charge in [0.15, 0.2) is 0 Å². The van der Waals surface area contributed by atoms with Crippen molar-refractivity contribution in [2.75, 3.05) is 13.1 Å². The Hall–Kier alpha value is 0.250. The normalized spacial score (nSPS) is 27.0. The Morgan fingerprint density at radius 2 is 2.17 bits per heavy atom. The summed E-state index contributed by atoms with van der Waals surface area (Å²) in [5.74, 6) is 0. The molecule has 1 aliphatic rings. The van der Waals surface area contributed by atoms with Gasteiger partial charge in [-0.05, 0) is 6.92 Å². The van der Waals surface area contributed by atoms with Crippen molar-refractivity contribution in [1.82, 2.24) is 4.90 Å². The summed E-state index contributed by atoms with van der Waals surface area (Å²) in [5, 5.41) is 0. The molecule has 0 N–H and O–H groups in total. The Labute approximate surface area is 42.9 Å². The molecule has 1 heterocycles. The molecule has 1 unspecified atom stereocenters. The smallest absolute Gasteiger partial charge is 0.0822 e. The monoisotopic (exact) mass is 105 g/mol. The minimum Gasteiger partial charge on any atom is -0.285 e. The van der Waals surface area contributed by atoms with Crippen molar-refractivity contribution >= 4 is 11.6 Å². The summed E-state index contributed by atoms with van der Waals surface area (Å²) in [6, 6.07) is 0. The lowest BCUT2D eigenvalue weighted by Crippen LogP contribution is -2.03. The van der Waals surface area contributed by atoms with Crippen LogP contribution in [0.4, 0.5) is 0 Å². The first-order valence-corrected chi connectivity index (χ1v) is 2.62. The van der Waals surface area contributed by atoms with Gasteiger partial charge in [-0.1, -0.05) is 0 Å². The molecule has 0 saturated carbocycles. The zero-order valence-electron chi connectivity index (χ0n) is 3.82. The fraction of sp³-hybridized carbons (Fsp3) is 1.00. The third-order valence-corrected chi connectivity index (χ3v) is 1.26. The van der Waals surface area contributed by atoms with E-state index in [1.165, 1.54) is 13.1 Å². The van der Waals surface area contributed by atoms with E-state index in [0.29, 0.717) is 0 Å². The average molecular weight is 106 g/mol. The van der Waals surface area contributed by atoms with Crippen LogP contribution in [0.5, 0.6) is 0 Å². The van der Waals surface area contributed by atoms with Crippen molar-refractivity contribution in [3.8, 4) is 0 Å². The van der Waals surface area contributed by atoms with E-state index in [2.05, 4.69) is 4.90 Å². The summed E-state index contributed by atoms with van der Waals surface area (Å²) < 4.78 is 0. The molecule has 0 aromatic carbocycles. The highest BCUT2D eigenvalue weighted by molar-refractivity contribution is 6.20. The molecule has 0 amide bonds. The van der Waals surface area contributed by atoms with Gasteiger partial charge in [0.05, 0.1) is 5.50 Å². The third-order valence-electron chi connectivity index (χ3n) is 0.985. The molecule has 6 heavy (non-hydrogen) atoms. The van der Waals surface area contributed by atoms with Crippen LogP contribution in [0.3, 0.4) is 0 Å². The molecule has 0 bridgehead atoms. The van der Waals surface area contributed by atoms with Crippen LogP contribution in [0, 0.1) is 0 Å². The Kier molecular flexibility index (Phi) is 1.02. The van der Waals surface area contributed by atoms with Crippen molar-refractivity contribution in [2.45, 2.75) is 12.4 Å². The summed E-state index contributed by atoms with van der Waals surface area (Å²) in [6.45, 7) is 4.39. The Morgan fingerprint density at radius 3 is 2.17 bits per heavy atom. The van der Waals surface area contributed by atoms with Crippen molar-refractivity contribution in [2.24, 2.45) is 0 Å². The third kappa shape index (κ3) is 0.854. The van der Waals surface area contributed by atoms with Gasteiger partial charge in [-0.3, -0.25) is 4.90 Å². The van der Waals surface area contributed by atoms with Crippen LogP contribution in [0.15, 0.2) is 0 Å². The second-order valence-corrected chi connectivity index (χ2v) is 2.24. The molecule has 0 aliphatic carbocycles. The minimum atomic E-state index is 0.269. The Bertz CT molecular complexity index is 49.5. The van der Waals surface area contributed by atoms with Crippen LogP contribution in [-0.2, 0) is 0 Å². The molecule has 1 aliphatic heterocycles. The summed E-state index contributed by atoms with van der Waals surface area (Å²) in [7, 11) is 0. The quantitative estimate of drug-likeness (QED) is 0.272. The predicted molar refractivity (Wildman–Crippen MR) is 26.9 cm³/mol. The molecule has 0 aromatic rings. The first-order valence-electron chi connectivity index (χ1n) is 2.19.